The number of hydrogen-bond donors (Lipinski definition) is 2. The SMILES string of the molecule is CN(C)[C@@H]1CCCC[C@H]1NC(=O)c1ccc(S(C)(=O)=O)cc1.O=S(=O)(O)c1ccc2ccccc2c1. The summed E-state index contributed by atoms with van der Waals surface area (Å²) in [6, 6.07) is 18.5. The number of rotatable bonds is 5. The highest BCUT2D eigenvalue weighted by Crippen LogP contribution is 2.22. The summed E-state index contributed by atoms with van der Waals surface area (Å²) in [7, 11) is -3.25. The molecule has 1 fully saturated rings. The summed E-state index contributed by atoms with van der Waals surface area (Å²) in [5.41, 5.74) is 0.496. The maximum Gasteiger partial charge on any atom is 0.294 e. The number of fused-ring (bicyclic) bond motifs is 1. The van der Waals surface area contributed by atoms with Gasteiger partial charge in [-0.15, -0.1) is 0 Å². The van der Waals surface area contributed by atoms with Crippen molar-refractivity contribution in [2.24, 2.45) is 0 Å². The molecule has 0 saturated heterocycles. The summed E-state index contributed by atoms with van der Waals surface area (Å²) in [5.74, 6) is -0.140. The van der Waals surface area contributed by atoms with E-state index in [1.807, 2.05) is 32.3 Å². The van der Waals surface area contributed by atoms with Gasteiger partial charge in [0.25, 0.3) is 16.0 Å². The quantitative estimate of drug-likeness (QED) is 0.480. The molecule has 0 unspecified atom stereocenters. The molecular formula is C26H32N2O6S2. The predicted octanol–water partition coefficient (Wildman–Crippen LogP) is 3.78. The van der Waals surface area contributed by atoms with Gasteiger partial charge in [0.1, 0.15) is 0 Å². The first-order valence-corrected chi connectivity index (χ1v) is 14.9. The van der Waals surface area contributed by atoms with Crippen LogP contribution in [0.4, 0.5) is 0 Å². The smallest absolute Gasteiger partial charge is 0.294 e. The summed E-state index contributed by atoms with van der Waals surface area (Å²) in [5, 5.41) is 4.83. The van der Waals surface area contributed by atoms with Crippen LogP contribution in [0.3, 0.4) is 0 Å². The summed E-state index contributed by atoms with van der Waals surface area (Å²) in [6.45, 7) is 0. The van der Waals surface area contributed by atoms with E-state index in [0.29, 0.717) is 11.6 Å². The van der Waals surface area contributed by atoms with Crippen molar-refractivity contribution in [3.63, 3.8) is 0 Å². The van der Waals surface area contributed by atoms with Gasteiger partial charge in [-0.2, -0.15) is 8.42 Å². The second-order valence-corrected chi connectivity index (χ2v) is 12.6. The molecule has 1 aliphatic rings. The number of likely N-dealkylation sites (N-methyl/N-ethyl adjacent to an activating group) is 1. The van der Waals surface area contributed by atoms with Crippen molar-refractivity contribution in [1.29, 1.82) is 0 Å². The Morgan fingerprint density at radius 1 is 0.861 bits per heavy atom. The molecule has 2 N–H and O–H groups in total. The Hall–Kier alpha value is -2.79. The van der Waals surface area contributed by atoms with Crippen LogP contribution in [0.2, 0.25) is 0 Å². The molecule has 0 aliphatic heterocycles. The molecular weight excluding hydrogens is 500 g/mol. The molecule has 10 heteroatoms. The summed E-state index contributed by atoms with van der Waals surface area (Å²) < 4.78 is 53.4. The largest absolute Gasteiger partial charge is 0.348 e. The van der Waals surface area contributed by atoms with E-state index < -0.39 is 20.0 Å². The predicted molar refractivity (Wildman–Crippen MR) is 141 cm³/mol. The van der Waals surface area contributed by atoms with E-state index in [9.17, 15) is 21.6 Å². The minimum absolute atomic E-state index is 0.0730. The highest BCUT2D eigenvalue weighted by atomic mass is 32.2. The molecule has 194 valence electrons. The van der Waals surface area contributed by atoms with Crippen LogP contribution < -0.4 is 5.32 Å². The Morgan fingerprint density at radius 2 is 1.44 bits per heavy atom. The van der Waals surface area contributed by atoms with Gasteiger partial charge >= 0.3 is 0 Å². The number of sulfone groups is 1. The summed E-state index contributed by atoms with van der Waals surface area (Å²) in [6.07, 6.45) is 5.55. The molecule has 0 aromatic heterocycles. The van der Waals surface area contributed by atoms with E-state index in [0.717, 1.165) is 36.3 Å². The molecule has 1 saturated carbocycles. The van der Waals surface area contributed by atoms with E-state index in [-0.39, 0.29) is 21.7 Å². The Labute approximate surface area is 213 Å². The van der Waals surface area contributed by atoms with Gasteiger partial charge in [-0.3, -0.25) is 9.35 Å². The van der Waals surface area contributed by atoms with Crippen LogP contribution in [0.1, 0.15) is 36.0 Å². The molecule has 1 aliphatic carbocycles. The number of carbonyl (C=O) groups is 1. The van der Waals surface area contributed by atoms with Gasteiger partial charge in [0, 0.05) is 23.9 Å². The van der Waals surface area contributed by atoms with E-state index in [4.69, 9.17) is 4.55 Å². The van der Waals surface area contributed by atoms with Gasteiger partial charge in [0.05, 0.1) is 9.79 Å². The van der Waals surface area contributed by atoms with E-state index in [1.54, 1.807) is 24.3 Å². The van der Waals surface area contributed by atoms with Crippen LogP contribution in [-0.2, 0) is 20.0 Å². The highest BCUT2D eigenvalue weighted by Gasteiger charge is 2.28. The van der Waals surface area contributed by atoms with Crippen LogP contribution in [-0.4, -0.2) is 64.6 Å². The van der Waals surface area contributed by atoms with Crippen LogP contribution in [0.25, 0.3) is 10.8 Å². The van der Waals surface area contributed by atoms with Gasteiger partial charge < -0.3 is 10.2 Å². The first-order chi connectivity index (χ1) is 16.9. The van der Waals surface area contributed by atoms with Crippen molar-refractivity contribution in [3.8, 4) is 0 Å². The maximum absolute atomic E-state index is 12.4. The first kappa shape index (κ1) is 27.8. The second-order valence-electron chi connectivity index (χ2n) is 9.18. The van der Waals surface area contributed by atoms with Crippen molar-refractivity contribution in [2.75, 3.05) is 20.4 Å². The fraction of sp³-hybridized carbons (Fsp3) is 0.346. The highest BCUT2D eigenvalue weighted by molar-refractivity contribution is 7.90. The zero-order chi connectivity index (χ0) is 26.5. The Morgan fingerprint density at radius 3 is 2.03 bits per heavy atom. The fourth-order valence-electron chi connectivity index (χ4n) is 4.33. The third-order valence-electron chi connectivity index (χ3n) is 6.27. The number of hydrogen-bond acceptors (Lipinski definition) is 6. The van der Waals surface area contributed by atoms with Gasteiger partial charge in [-0.25, -0.2) is 8.42 Å². The zero-order valence-corrected chi connectivity index (χ0v) is 22.2. The van der Waals surface area contributed by atoms with Crippen molar-refractivity contribution in [2.45, 2.75) is 47.6 Å². The number of amides is 1. The monoisotopic (exact) mass is 532 g/mol. The molecule has 8 nitrogen and oxygen atoms in total. The average molecular weight is 533 g/mol. The van der Waals surface area contributed by atoms with Crippen LogP contribution in [0, 0.1) is 0 Å². The number of nitrogens with one attached hydrogen (secondary N) is 1. The Bertz CT molecular complexity index is 1420. The zero-order valence-electron chi connectivity index (χ0n) is 20.6. The van der Waals surface area contributed by atoms with Gasteiger partial charge in [-0.1, -0.05) is 43.2 Å². The standard InChI is InChI=1S/C16H24N2O3S.C10H8O3S/c1-18(2)15-7-5-4-6-14(15)17-16(19)12-8-10-13(11-9-12)22(3,20)21;11-14(12,13)10-6-5-8-3-1-2-4-9(8)7-10/h8-11,14-15H,4-7H2,1-3H3,(H,17,19);1-7H,(H,11,12,13)/t14-,15-;/m1./s1. The third kappa shape index (κ3) is 7.36. The minimum atomic E-state index is -4.09. The van der Waals surface area contributed by atoms with Crippen molar-refractivity contribution >= 4 is 36.6 Å². The number of carbonyl (C=O) groups excluding carboxylic acids is 1. The Kier molecular flexibility index (Phi) is 8.89. The summed E-state index contributed by atoms with van der Waals surface area (Å²) in [4.78, 5) is 14.7. The lowest BCUT2D eigenvalue weighted by atomic mass is 9.89. The topological polar surface area (TPSA) is 121 Å². The molecule has 0 spiro atoms. The van der Waals surface area contributed by atoms with Crippen LogP contribution >= 0.6 is 0 Å². The molecule has 1 amide bonds. The molecule has 0 bridgehead atoms. The molecule has 3 aromatic rings. The normalized spacial score (nSPS) is 18.4. The van der Waals surface area contributed by atoms with Crippen molar-refractivity contribution in [1.82, 2.24) is 10.2 Å². The van der Waals surface area contributed by atoms with Crippen molar-refractivity contribution < 1.29 is 26.2 Å². The molecule has 0 heterocycles. The lowest BCUT2D eigenvalue weighted by Crippen LogP contribution is -2.51. The average Bonchev–Trinajstić information content (AvgIpc) is 2.83. The fourth-order valence-corrected chi connectivity index (χ4v) is 5.48. The molecule has 3 aromatic carbocycles. The second kappa shape index (κ2) is 11.5. The van der Waals surface area contributed by atoms with E-state index in [1.165, 1.54) is 30.7 Å². The number of nitrogens with zero attached hydrogens (tertiary/aromatic N) is 1. The third-order valence-corrected chi connectivity index (χ3v) is 8.25. The molecule has 36 heavy (non-hydrogen) atoms. The van der Waals surface area contributed by atoms with Gasteiger partial charge in [-0.05, 0) is 74.1 Å². The van der Waals surface area contributed by atoms with Gasteiger partial charge in [0.15, 0.2) is 9.84 Å². The molecule has 2 atom stereocenters. The lowest BCUT2D eigenvalue weighted by molar-refractivity contribution is 0.0882. The van der Waals surface area contributed by atoms with E-state index in [2.05, 4.69) is 10.2 Å². The Balaban J connectivity index is 0.000000221. The first-order valence-electron chi connectivity index (χ1n) is 11.6. The summed E-state index contributed by atoms with van der Waals surface area (Å²) >= 11 is 0. The van der Waals surface area contributed by atoms with Gasteiger partial charge in [0.2, 0.25) is 0 Å². The lowest BCUT2D eigenvalue weighted by Gasteiger charge is -2.36. The molecule has 4 rings (SSSR count). The van der Waals surface area contributed by atoms with E-state index >= 15 is 0 Å². The number of benzene rings is 3. The molecule has 0 radical (unpaired) electrons. The van der Waals surface area contributed by atoms with Crippen LogP contribution in [0.15, 0.2) is 76.5 Å². The maximum atomic E-state index is 12.4. The minimum Gasteiger partial charge on any atom is -0.348 e. The van der Waals surface area contributed by atoms with Crippen molar-refractivity contribution in [3.05, 3.63) is 72.3 Å². The van der Waals surface area contributed by atoms with Crippen LogP contribution in [0.5, 0.6) is 0 Å².